The van der Waals surface area contributed by atoms with Crippen molar-refractivity contribution in [1.82, 2.24) is 0 Å². The molecule has 0 saturated heterocycles. The van der Waals surface area contributed by atoms with Crippen LogP contribution in [0, 0.1) is 0 Å². The van der Waals surface area contributed by atoms with Crippen LogP contribution in [-0.4, -0.2) is 66.5 Å². The highest BCUT2D eigenvalue weighted by Crippen LogP contribution is 2.43. The number of aliphatic hydroxyl groups excluding tert-OH is 1. The van der Waals surface area contributed by atoms with Crippen molar-refractivity contribution in [3.63, 3.8) is 0 Å². The fourth-order valence-corrected chi connectivity index (χ4v) is 7.83. The van der Waals surface area contributed by atoms with Gasteiger partial charge in [0.25, 0.3) is 0 Å². The summed E-state index contributed by atoms with van der Waals surface area (Å²) in [5, 5.41) is 9.80. The Morgan fingerprint density at radius 2 is 0.692 bits per heavy atom. The SMILES string of the molecule is CC/C=C\C/C=C\C/C=C\C/C=C\C/C=C\C/C=C\CCC(=O)OC(COC(=O)CCCCCCCC/C=C\C/C=C\C/C=C\CCCCC)COP(=O)(O)OCC(CO)OC(=O)CC/C=C\C/C=C\C/C=C\C/C=C\CC. The van der Waals surface area contributed by atoms with Crippen molar-refractivity contribution in [2.45, 2.75) is 213 Å². The van der Waals surface area contributed by atoms with E-state index in [1.54, 1.807) is 0 Å². The van der Waals surface area contributed by atoms with E-state index >= 15 is 0 Å². The Balaban J connectivity index is 4.94. The summed E-state index contributed by atoms with van der Waals surface area (Å²) < 4.78 is 39.3. The molecule has 3 unspecified atom stereocenters. The Hall–Kier alpha value is -4.90. The summed E-state index contributed by atoms with van der Waals surface area (Å²) in [6, 6.07) is 0. The van der Waals surface area contributed by atoms with E-state index in [0.717, 1.165) is 109 Å². The summed E-state index contributed by atoms with van der Waals surface area (Å²) in [5.74, 6) is -1.69. The molecule has 2 N–H and O–H groups in total. The fraction of sp³-hybridized carbons (Fsp3) is 0.561. The van der Waals surface area contributed by atoms with Crippen molar-refractivity contribution in [1.29, 1.82) is 0 Å². The molecule has 0 aromatic rings. The van der Waals surface area contributed by atoms with E-state index in [2.05, 4.69) is 148 Å². The van der Waals surface area contributed by atoms with Gasteiger partial charge in [0.1, 0.15) is 12.7 Å². The lowest BCUT2D eigenvalue weighted by molar-refractivity contribution is -0.161. The van der Waals surface area contributed by atoms with E-state index < -0.39 is 57.8 Å². The highest BCUT2D eigenvalue weighted by Gasteiger charge is 2.28. The van der Waals surface area contributed by atoms with Crippen molar-refractivity contribution < 1.29 is 52.2 Å². The maximum atomic E-state index is 12.9. The number of hydrogen-bond donors (Lipinski definition) is 2. The number of rotatable bonds is 52. The van der Waals surface area contributed by atoms with Crippen LogP contribution in [0.25, 0.3) is 0 Å². The van der Waals surface area contributed by atoms with Crippen LogP contribution in [0.15, 0.2) is 158 Å². The van der Waals surface area contributed by atoms with Gasteiger partial charge in [0.15, 0.2) is 6.10 Å². The lowest BCUT2D eigenvalue weighted by Crippen LogP contribution is -2.30. The zero-order valence-electron chi connectivity index (χ0n) is 48.3. The average Bonchev–Trinajstić information content (AvgIpc) is 3.43. The maximum absolute atomic E-state index is 12.9. The van der Waals surface area contributed by atoms with Crippen LogP contribution in [0.5, 0.6) is 0 Å². The first kappa shape index (κ1) is 73.1. The van der Waals surface area contributed by atoms with E-state index in [0.29, 0.717) is 25.7 Å². The second kappa shape index (κ2) is 58.3. The van der Waals surface area contributed by atoms with Gasteiger partial charge in [-0.1, -0.05) is 217 Å². The molecule has 0 aromatic carbocycles. The number of allylic oxidation sites excluding steroid dienone is 26. The molecule has 3 atom stereocenters. The number of esters is 3. The number of hydrogen-bond acceptors (Lipinski definition) is 10. The van der Waals surface area contributed by atoms with Gasteiger partial charge >= 0.3 is 25.7 Å². The Morgan fingerprint density at radius 1 is 0.372 bits per heavy atom. The fourth-order valence-electron chi connectivity index (χ4n) is 7.05. The highest BCUT2D eigenvalue weighted by atomic mass is 31.2. The molecule has 12 heteroatoms. The van der Waals surface area contributed by atoms with E-state index in [4.69, 9.17) is 23.3 Å². The van der Waals surface area contributed by atoms with Gasteiger partial charge in [-0.3, -0.25) is 23.4 Å². The molecule has 0 bridgehead atoms. The van der Waals surface area contributed by atoms with Gasteiger partial charge in [-0.25, -0.2) is 4.57 Å². The lowest BCUT2D eigenvalue weighted by atomic mass is 10.1. The minimum absolute atomic E-state index is 0.0245. The van der Waals surface area contributed by atoms with Crippen molar-refractivity contribution in [3.8, 4) is 0 Å². The summed E-state index contributed by atoms with van der Waals surface area (Å²) in [5.41, 5.74) is 0. The second-order valence-electron chi connectivity index (χ2n) is 18.7. The molecule has 438 valence electrons. The molecule has 0 aliphatic carbocycles. The first-order valence-corrected chi connectivity index (χ1v) is 30.9. The minimum atomic E-state index is -4.80. The third kappa shape index (κ3) is 55.8. The first-order valence-electron chi connectivity index (χ1n) is 29.4. The topological polar surface area (TPSA) is 155 Å². The zero-order chi connectivity index (χ0) is 56.9. The Morgan fingerprint density at radius 3 is 1.08 bits per heavy atom. The average molecular weight is 1100 g/mol. The van der Waals surface area contributed by atoms with Crippen molar-refractivity contribution in [2.75, 3.05) is 26.4 Å². The predicted molar refractivity (Wildman–Crippen MR) is 325 cm³/mol. The molecule has 0 saturated carbocycles. The van der Waals surface area contributed by atoms with E-state index in [1.165, 1.54) is 25.7 Å². The van der Waals surface area contributed by atoms with Gasteiger partial charge in [0, 0.05) is 19.3 Å². The van der Waals surface area contributed by atoms with Crippen LogP contribution < -0.4 is 0 Å². The van der Waals surface area contributed by atoms with E-state index in [9.17, 15) is 28.9 Å². The summed E-state index contributed by atoms with van der Waals surface area (Å²) in [7, 11) is -4.80. The predicted octanol–water partition coefficient (Wildman–Crippen LogP) is 17.7. The minimum Gasteiger partial charge on any atom is -0.462 e. The van der Waals surface area contributed by atoms with Gasteiger partial charge in [-0.05, 0) is 122 Å². The standard InChI is InChI=1S/C66H103O11P/c1-4-7-10-13-16-19-22-25-27-29-31-33-35-38-40-43-46-49-52-55-64(68)73-59-63(77-66(70)57-54-51-48-45-42-39-36-34-32-30-28-26-23-20-17-14-11-8-5-2)61-75-78(71,72)74-60-62(58-67)76-65(69)56-53-50-47-44-41-37-24-21-18-15-12-9-6-3/h8-9,11-12,16-21,25-28,31-34,37,39,41-42,47-48,50-51,62-63,67H,4-7,10,13-15,22-24,29-30,35-36,38,40,43-46,49,52-61H2,1-3H3,(H,71,72)/b11-8-,12-9-,19-16-,20-17-,21-18-,27-25-,28-26-,33-31-,34-32-,41-37-,42-39-,50-47-,51-48-. The van der Waals surface area contributed by atoms with Gasteiger partial charge in [0.05, 0.1) is 19.8 Å². The second-order valence-corrected chi connectivity index (χ2v) is 20.1. The Labute approximate surface area is 473 Å². The van der Waals surface area contributed by atoms with Crippen LogP contribution in [0.1, 0.15) is 201 Å². The van der Waals surface area contributed by atoms with Crippen molar-refractivity contribution >= 4 is 25.7 Å². The molecular formula is C66H103O11P. The van der Waals surface area contributed by atoms with E-state index in [1.807, 2.05) is 30.4 Å². The van der Waals surface area contributed by atoms with Crippen molar-refractivity contribution in [3.05, 3.63) is 158 Å². The molecule has 11 nitrogen and oxygen atoms in total. The molecule has 0 fully saturated rings. The van der Waals surface area contributed by atoms with Crippen LogP contribution in [0.3, 0.4) is 0 Å². The number of phosphoric ester groups is 1. The molecule has 0 aliphatic heterocycles. The Kier molecular flexibility index (Phi) is 54.6. The smallest absolute Gasteiger partial charge is 0.462 e. The van der Waals surface area contributed by atoms with Gasteiger partial charge in [-0.15, -0.1) is 0 Å². The zero-order valence-corrected chi connectivity index (χ0v) is 49.2. The highest BCUT2D eigenvalue weighted by molar-refractivity contribution is 7.47. The maximum Gasteiger partial charge on any atom is 0.472 e. The number of unbranched alkanes of at least 4 members (excludes halogenated alkanes) is 9. The molecule has 0 heterocycles. The summed E-state index contributed by atoms with van der Waals surface area (Å²) in [4.78, 5) is 48.5. The summed E-state index contributed by atoms with van der Waals surface area (Å²) in [6.45, 7) is 4.18. The van der Waals surface area contributed by atoms with Gasteiger partial charge in [0.2, 0.25) is 0 Å². The molecule has 0 aromatic heterocycles. The molecule has 0 amide bonds. The van der Waals surface area contributed by atoms with E-state index in [-0.39, 0.29) is 25.9 Å². The van der Waals surface area contributed by atoms with Gasteiger partial charge < -0.3 is 24.2 Å². The lowest BCUT2D eigenvalue weighted by Gasteiger charge is -2.21. The number of phosphoric acid groups is 1. The van der Waals surface area contributed by atoms with Gasteiger partial charge in [-0.2, -0.15) is 0 Å². The summed E-state index contributed by atoms with van der Waals surface area (Å²) in [6.07, 6.45) is 76.6. The molecule has 0 aliphatic rings. The number of carbonyl (C=O) groups is 3. The quantitative estimate of drug-likeness (QED) is 0.0197. The first-order chi connectivity index (χ1) is 38.2. The van der Waals surface area contributed by atoms with Crippen LogP contribution in [-0.2, 0) is 42.2 Å². The summed E-state index contributed by atoms with van der Waals surface area (Å²) >= 11 is 0. The Bertz CT molecular complexity index is 1910. The normalized spacial score (nSPS) is 14.5. The number of aliphatic hydroxyl groups is 1. The molecular weight excluding hydrogens is 1000 g/mol. The third-order valence-electron chi connectivity index (χ3n) is 11.4. The number of ether oxygens (including phenoxy) is 3. The van der Waals surface area contributed by atoms with Crippen LogP contribution in [0.4, 0.5) is 0 Å². The third-order valence-corrected chi connectivity index (χ3v) is 12.4. The van der Waals surface area contributed by atoms with Crippen LogP contribution in [0.2, 0.25) is 0 Å². The van der Waals surface area contributed by atoms with Crippen LogP contribution >= 0.6 is 7.82 Å². The number of carbonyl (C=O) groups excluding carboxylic acids is 3. The molecule has 0 rings (SSSR count). The monoisotopic (exact) mass is 1100 g/mol. The largest absolute Gasteiger partial charge is 0.472 e. The molecule has 0 spiro atoms. The van der Waals surface area contributed by atoms with Crippen molar-refractivity contribution in [2.24, 2.45) is 0 Å². The molecule has 0 radical (unpaired) electrons. The molecule has 78 heavy (non-hydrogen) atoms.